The largest absolute Gasteiger partial charge is 0.456 e. The molecular formula is C39H18B5N3O2. The maximum Gasteiger partial charge on any atom is 0.164 e. The van der Waals surface area contributed by atoms with Gasteiger partial charge in [-0.3, -0.25) is 0 Å². The molecule has 0 aliphatic carbocycles. The zero-order valence-corrected chi connectivity index (χ0v) is 25.9. The first-order valence-electron chi connectivity index (χ1n) is 15.6. The zero-order valence-electron chi connectivity index (χ0n) is 25.9. The van der Waals surface area contributed by atoms with Gasteiger partial charge in [0.1, 0.15) is 61.6 Å². The predicted octanol–water partition coefficient (Wildman–Crippen LogP) is 4.31. The van der Waals surface area contributed by atoms with Crippen LogP contribution in [0.3, 0.4) is 0 Å². The van der Waals surface area contributed by atoms with Gasteiger partial charge in [0.15, 0.2) is 17.5 Å². The molecule has 5 nitrogen and oxygen atoms in total. The molecule has 0 saturated heterocycles. The first kappa shape index (κ1) is 29.4. The van der Waals surface area contributed by atoms with Crippen LogP contribution >= 0.6 is 0 Å². The highest BCUT2D eigenvalue weighted by Gasteiger charge is 2.21. The Hall–Kier alpha value is -5.75. The fraction of sp³-hybridized carbons (Fsp3) is 0. The second kappa shape index (κ2) is 11.2. The van der Waals surface area contributed by atoms with Gasteiger partial charge in [-0.1, -0.05) is 95.9 Å². The van der Waals surface area contributed by atoms with E-state index in [1.807, 2.05) is 78.9 Å². The van der Waals surface area contributed by atoms with Gasteiger partial charge in [-0.05, 0) is 29.8 Å². The van der Waals surface area contributed by atoms with E-state index in [0.717, 1.165) is 55.0 Å². The second-order valence-corrected chi connectivity index (χ2v) is 11.9. The van der Waals surface area contributed by atoms with Crippen LogP contribution in [0.2, 0.25) is 0 Å². The van der Waals surface area contributed by atoms with Crippen molar-refractivity contribution in [3.8, 4) is 45.3 Å². The van der Waals surface area contributed by atoms with Gasteiger partial charge < -0.3 is 8.83 Å². The Morgan fingerprint density at radius 3 is 1.82 bits per heavy atom. The normalized spacial score (nSPS) is 11.7. The van der Waals surface area contributed by atoms with E-state index in [1.165, 1.54) is 0 Å². The molecule has 3 heterocycles. The molecule has 10 heteroatoms. The van der Waals surface area contributed by atoms with Crippen molar-refractivity contribution >= 4 is 110 Å². The molecule has 0 aliphatic heterocycles. The summed E-state index contributed by atoms with van der Waals surface area (Å²) in [6.07, 6.45) is 0. The lowest BCUT2D eigenvalue weighted by atomic mass is 9.60. The van der Waals surface area contributed by atoms with Gasteiger partial charge in [0.05, 0.1) is 0 Å². The molecular weight excluding hydrogens is 597 g/mol. The molecule has 0 spiro atoms. The van der Waals surface area contributed by atoms with Crippen molar-refractivity contribution in [1.29, 1.82) is 0 Å². The third-order valence-corrected chi connectivity index (χ3v) is 9.04. The van der Waals surface area contributed by atoms with Crippen LogP contribution in [-0.2, 0) is 0 Å². The molecule has 0 bridgehead atoms. The Labute approximate surface area is 287 Å². The molecule has 6 aromatic carbocycles. The molecule has 10 radical (unpaired) electrons. The van der Waals surface area contributed by atoms with Crippen LogP contribution in [0.5, 0.6) is 0 Å². The van der Waals surface area contributed by atoms with Gasteiger partial charge in [0, 0.05) is 43.8 Å². The molecule has 0 amide bonds. The Bertz CT molecular complexity index is 2760. The summed E-state index contributed by atoms with van der Waals surface area (Å²) in [4.78, 5) is 14.4. The van der Waals surface area contributed by atoms with E-state index in [2.05, 4.69) is 30.3 Å². The smallest absolute Gasteiger partial charge is 0.164 e. The molecule has 0 saturated carbocycles. The number of aromatic nitrogens is 3. The molecule has 0 N–H and O–H groups in total. The second-order valence-electron chi connectivity index (χ2n) is 11.9. The number of para-hydroxylation sites is 2. The van der Waals surface area contributed by atoms with Gasteiger partial charge in [-0.2, -0.15) is 0 Å². The summed E-state index contributed by atoms with van der Waals surface area (Å²) in [6, 6.07) is 35.8. The molecule has 9 rings (SSSR count). The first-order chi connectivity index (χ1) is 23.9. The summed E-state index contributed by atoms with van der Waals surface area (Å²) < 4.78 is 12.9. The van der Waals surface area contributed by atoms with Crippen molar-refractivity contribution in [2.24, 2.45) is 0 Å². The average Bonchev–Trinajstić information content (AvgIpc) is 3.72. The third kappa shape index (κ3) is 4.58. The topological polar surface area (TPSA) is 65.0 Å². The van der Waals surface area contributed by atoms with Crippen molar-refractivity contribution in [2.75, 3.05) is 0 Å². The molecule has 49 heavy (non-hydrogen) atoms. The standard InChI is InChI=1S/C39H18B5N3O2/c40-31-30(32(41)34(43)35(44)33(31)42)39-46-37(19-8-2-1-3-9-19)45-38(47-39)20-16-17-25-28(18-20)48-27-15-7-11-22(29(25)27)24-13-6-12-23-21-10-4-5-14-26(21)49-36(23)24/h1-18H. The van der Waals surface area contributed by atoms with Crippen LogP contribution < -0.4 is 27.3 Å². The highest BCUT2D eigenvalue weighted by molar-refractivity contribution is 6.68. The van der Waals surface area contributed by atoms with E-state index >= 15 is 0 Å². The van der Waals surface area contributed by atoms with Crippen LogP contribution in [0, 0.1) is 0 Å². The van der Waals surface area contributed by atoms with Crippen molar-refractivity contribution in [3.63, 3.8) is 0 Å². The Morgan fingerprint density at radius 2 is 1.02 bits per heavy atom. The van der Waals surface area contributed by atoms with Crippen molar-refractivity contribution in [1.82, 2.24) is 15.0 Å². The lowest BCUT2D eigenvalue weighted by molar-refractivity contribution is 0.669. The molecule has 216 valence electrons. The highest BCUT2D eigenvalue weighted by atomic mass is 16.3. The van der Waals surface area contributed by atoms with E-state index in [9.17, 15) is 0 Å². The first-order valence-corrected chi connectivity index (χ1v) is 15.6. The quantitative estimate of drug-likeness (QED) is 0.277. The number of hydrogen-bond donors (Lipinski definition) is 0. The van der Waals surface area contributed by atoms with E-state index in [1.54, 1.807) is 0 Å². The van der Waals surface area contributed by atoms with Gasteiger partial charge in [0.25, 0.3) is 0 Å². The van der Waals surface area contributed by atoms with Gasteiger partial charge in [-0.25, -0.2) is 15.0 Å². The number of hydrogen-bond acceptors (Lipinski definition) is 5. The van der Waals surface area contributed by atoms with E-state index in [-0.39, 0.29) is 33.1 Å². The highest BCUT2D eigenvalue weighted by Crippen LogP contribution is 2.42. The van der Waals surface area contributed by atoms with Gasteiger partial charge in [-0.15, -0.1) is 16.4 Å². The number of nitrogens with zero attached hydrogens (tertiary/aromatic N) is 3. The van der Waals surface area contributed by atoms with Crippen LogP contribution in [0.4, 0.5) is 0 Å². The maximum atomic E-state index is 6.47. The summed E-state index contributed by atoms with van der Waals surface area (Å²) in [7, 11) is 31.4. The van der Waals surface area contributed by atoms with Gasteiger partial charge in [0.2, 0.25) is 0 Å². The molecule has 3 aromatic heterocycles. The fourth-order valence-corrected chi connectivity index (χ4v) is 6.57. The number of fused-ring (bicyclic) bond motifs is 6. The van der Waals surface area contributed by atoms with E-state index in [4.69, 9.17) is 63.0 Å². The van der Waals surface area contributed by atoms with E-state index < -0.39 is 0 Å². The third-order valence-electron chi connectivity index (χ3n) is 9.04. The minimum absolute atomic E-state index is 0.113. The van der Waals surface area contributed by atoms with Crippen LogP contribution in [-0.4, -0.2) is 54.2 Å². The summed E-state index contributed by atoms with van der Waals surface area (Å²) in [5, 5.41) is 4.05. The number of benzene rings is 6. The molecule has 0 fully saturated rings. The fourth-order valence-electron chi connectivity index (χ4n) is 6.57. The molecule has 9 aromatic rings. The molecule has 0 unspecified atom stereocenters. The summed E-state index contributed by atoms with van der Waals surface area (Å²) in [6.45, 7) is 0. The Kier molecular flexibility index (Phi) is 6.70. The Morgan fingerprint density at radius 1 is 0.408 bits per heavy atom. The SMILES string of the molecule is [B]c1c([B])c([B])c(-c2nc(-c3ccccc3)nc(-c3ccc4c(c3)oc3cccc(-c5cccc6c5oc5ccccc56)c34)n2)c([B])c1[B]. The average molecular weight is 615 g/mol. The zero-order chi connectivity index (χ0) is 33.4. The number of furan rings is 2. The Balaban J connectivity index is 1.24. The molecule has 0 atom stereocenters. The van der Waals surface area contributed by atoms with Crippen molar-refractivity contribution in [3.05, 3.63) is 109 Å². The van der Waals surface area contributed by atoms with Crippen molar-refractivity contribution < 1.29 is 8.83 Å². The molecule has 0 aliphatic rings. The maximum absolute atomic E-state index is 6.47. The van der Waals surface area contributed by atoms with Gasteiger partial charge >= 0.3 is 0 Å². The van der Waals surface area contributed by atoms with E-state index in [0.29, 0.717) is 28.4 Å². The minimum Gasteiger partial charge on any atom is -0.456 e. The van der Waals surface area contributed by atoms with Crippen molar-refractivity contribution in [2.45, 2.75) is 0 Å². The number of rotatable bonds is 4. The summed E-state index contributed by atoms with van der Waals surface area (Å²) >= 11 is 0. The lowest BCUT2D eigenvalue weighted by Gasteiger charge is -2.20. The minimum atomic E-state index is 0.113. The monoisotopic (exact) mass is 615 g/mol. The van der Waals surface area contributed by atoms with Crippen LogP contribution in [0.25, 0.3) is 89.2 Å². The summed E-state index contributed by atoms with van der Waals surface area (Å²) in [5.41, 5.74) is 7.45. The van der Waals surface area contributed by atoms with Crippen LogP contribution in [0.1, 0.15) is 0 Å². The predicted molar refractivity (Wildman–Crippen MR) is 203 cm³/mol. The van der Waals surface area contributed by atoms with Crippen LogP contribution in [0.15, 0.2) is 118 Å². The summed E-state index contributed by atoms with van der Waals surface area (Å²) in [5.74, 6) is 1.01. The lowest BCUT2D eigenvalue weighted by Crippen LogP contribution is -2.55.